The number of anilines is 1. The summed E-state index contributed by atoms with van der Waals surface area (Å²) in [7, 11) is -3.91. The number of sulfonamides is 1. The van der Waals surface area contributed by atoms with Crippen molar-refractivity contribution < 1.29 is 17.6 Å². The number of benzene rings is 3. The summed E-state index contributed by atoms with van der Waals surface area (Å²) >= 11 is 1.59. The predicted octanol–water partition coefficient (Wildman–Crippen LogP) is 4.77. The van der Waals surface area contributed by atoms with Crippen molar-refractivity contribution in [3.05, 3.63) is 95.8 Å². The zero-order valence-corrected chi connectivity index (χ0v) is 20.0. The van der Waals surface area contributed by atoms with Crippen molar-refractivity contribution in [2.45, 2.75) is 24.0 Å². The Bertz CT molecular complexity index is 1170. The lowest BCUT2D eigenvalue weighted by Gasteiger charge is -2.24. The van der Waals surface area contributed by atoms with Crippen LogP contribution in [0.1, 0.15) is 17.5 Å². The maximum absolute atomic E-state index is 13.7. The van der Waals surface area contributed by atoms with Crippen LogP contribution in [0.3, 0.4) is 0 Å². The first-order valence-corrected chi connectivity index (χ1v) is 13.2. The van der Waals surface area contributed by atoms with Crippen LogP contribution in [0.5, 0.6) is 0 Å². The summed E-state index contributed by atoms with van der Waals surface area (Å²) in [6.07, 6.45) is 0.695. The maximum Gasteiger partial charge on any atom is 0.264 e. The molecule has 0 aliphatic rings. The molecule has 0 aliphatic carbocycles. The van der Waals surface area contributed by atoms with Crippen molar-refractivity contribution in [1.29, 1.82) is 0 Å². The molecule has 33 heavy (non-hydrogen) atoms. The standard InChI is InChI=1S/C25H27FN2O3S2/c1-20-9-7-11-22(17-20)28(33(30,31)23-12-3-2-4-13-23)18-25(29)27-15-8-16-32-19-21-10-5-6-14-24(21)26/h2-7,9-14,17H,8,15-16,18-19H2,1H3,(H,27,29). The number of halogens is 1. The van der Waals surface area contributed by atoms with E-state index < -0.39 is 10.0 Å². The van der Waals surface area contributed by atoms with Gasteiger partial charge in [0.05, 0.1) is 10.6 Å². The van der Waals surface area contributed by atoms with Crippen LogP contribution in [0.25, 0.3) is 0 Å². The molecule has 0 saturated heterocycles. The van der Waals surface area contributed by atoms with Crippen molar-refractivity contribution in [2.75, 3.05) is 23.1 Å². The van der Waals surface area contributed by atoms with E-state index >= 15 is 0 Å². The smallest absolute Gasteiger partial charge is 0.264 e. The van der Waals surface area contributed by atoms with Crippen LogP contribution in [0.15, 0.2) is 83.8 Å². The Hall–Kier alpha value is -2.84. The molecule has 3 rings (SSSR count). The highest BCUT2D eigenvalue weighted by molar-refractivity contribution is 7.98. The van der Waals surface area contributed by atoms with Crippen molar-refractivity contribution >= 4 is 33.4 Å². The highest BCUT2D eigenvalue weighted by atomic mass is 32.2. The third-order valence-electron chi connectivity index (χ3n) is 4.91. The molecule has 0 radical (unpaired) electrons. The van der Waals surface area contributed by atoms with Crippen molar-refractivity contribution in [3.63, 3.8) is 0 Å². The molecule has 0 unspecified atom stereocenters. The number of carbonyl (C=O) groups excluding carboxylic acids is 1. The van der Waals surface area contributed by atoms with Crippen molar-refractivity contribution in [3.8, 4) is 0 Å². The third-order valence-corrected chi connectivity index (χ3v) is 7.79. The van der Waals surface area contributed by atoms with Gasteiger partial charge in [0.2, 0.25) is 5.91 Å². The first-order valence-electron chi connectivity index (χ1n) is 10.6. The molecule has 174 valence electrons. The normalized spacial score (nSPS) is 11.2. The lowest BCUT2D eigenvalue weighted by Crippen LogP contribution is -2.41. The molecule has 1 N–H and O–H groups in total. The van der Waals surface area contributed by atoms with Gasteiger partial charge in [-0.15, -0.1) is 0 Å². The van der Waals surface area contributed by atoms with Gasteiger partial charge < -0.3 is 5.32 Å². The zero-order chi connectivity index (χ0) is 23.7. The summed E-state index contributed by atoms with van der Waals surface area (Å²) in [5, 5.41) is 2.80. The lowest BCUT2D eigenvalue weighted by molar-refractivity contribution is -0.119. The van der Waals surface area contributed by atoms with Crippen molar-refractivity contribution in [2.24, 2.45) is 0 Å². The Morgan fingerprint density at radius 1 is 1.00 bits per heavy atom. The maximum atomic E-state index is 13.7. The minimum atomic E-state index is -3.91. The second-order valence-electron chi connectivity index (χ2n) is 7.51. The van der Waals surface area contributed by atoms with E-state index in [4.69, 9.17) is 0 Å². The van der Waals surface area contributed by atoms with Crippen LogP contribution in [-0.4, -0.2) is 33.2 Å². The predicted molar refractivity (Wildman–Crippen MR) is 132 cm³/mol. The van der Waals surface area contributed by atoms with Gasteiger partial charge in [-0.3, -0.25) is 9.10 Å². The van der Waals surface area contributed by atoms with Crippen LogP contribution in [0.2, 0.25) is 0 Å². The first-order chi connectivity index (χ1) is 15.9. The molecule has 0 fully saturated rings. The van der Waals surface area contributed by atoms with Crippen LogP contribution in [0.4, 0.5) is 10.1 Å². The largest absolute Gasteiger partial charge is 0.354 e. The number of rotatable bonds is 11. The molecule has 0 aliphatic heterocycles. The average molecular weight is 487 g/mol. The summed E-state index contributed by atoms with van der Waals surface area (Å²) in [6.45, 7) is 1.97. The molecule has 0 bridgehead atoms. The number of thioether (sulfide) groups is 1. The van der Waals surface area contributed by atoms with Crippen LogP contribution < -0.4 is 9.62 Å². The zero-order valence-electron chi connectivity index (χ0n) is 18.4. The van der Waals surface area contributed by atoms with E-state index in [2.05, 4.69) is 5.32 Å². The van der Waals surface area contributed by atoms with Gasteiger partial charge in [0.15, 0.2) is 0 Å². The SMILES string of the molecule is Cc1cccc(N(CC(=O)NCCCSCc2ccccc2F)S(=O)(=O)c2ccccc2)c1. The Balaban J connectivity index is 1.57. The number of carbonyl (C=O) groups is 1. The quantitative estimate of drug-likeness (QED) is 0.397. The Morgan fingerprint density at radius 3 is 2.45 bits per heavy atom. The van der Waals surface area contributed by atoms with Gasteiger partial charge in [0.25, 0.3) is 10.0 Å². The van der Waals surface area contributed by atoms with E-state index in [9.17, 15) is 17.6 Å². The van der Waals surface area contributed by atoms with Gasteiger partial charge in [0.1, 0.15) is 12.4 Å². The van der Waals surface area contributed by atoms with Gasteiger partial charge >= 0.3 is 0 Å². The average Bonchev–Trinajstić information content (AvgIpc) is 2.81. The van der Waals surface area contributed by atoms with E-state index in [1.807, 2.05) is 19.1 Å². The molecule has 3 aromatic rings. The second kappa shape index (κ2) is 11.9. The lowest BCUT2D eigenvalue weighted by atomic mass is 10.2. The highest BCUT2D eigenvalue weighted by Gasteiger charge is 2.27. The number of hydrogen-bond donors (Lipinski definition) is 1. The summed E-state index contributed by atoms with van der Waals surface area (Å²) in [6, 6.07) is 21.8. The first kappa shape index (κ1) is 24.8. The monoisotopic (exact) mass is 486 g/mol. The van der Waals surface area contributed by atoms with E-state index in [0.717, 1.165) is 15.6 Å². The molecule has 0 spiro atoms. The minimum Gasteiger partial charge on any atom is -0.354 e. The summed E-state index contributed by atoms with van der Waals surface area (Å²) in [5.74, 6) is 0.722. The molecule has 3 aromatic carbocycles. The fourth-order valence-electron chi connectivity index (χ4n) is 3.20. The molecule has 0 atom stereocenters. The third kappa shape index (κ3) is 7.07. The van der Waals surface area contributed by atoms with Crippen molar-refractivity contribution in [1.82, 2.24) is 5.32 Å². The Morgan fingerprint density at radius 2 is 1.73 bits per heavy atom. The van der Waals surface area contributed by atoms with E-state index in [0.29, 0.717) is 30.0 Å². The van der Waals surface area contributed by atoms with E-state index in [1.54, 1.807) is 60.3 Å². The van der Waals surface area contributed by atoms with E-state index in [1.165, 1.54) is 18.2 Å². The number of aryl methyl sites for hydroxylation is 1. The number of nitrogens with zero attached hydrogens (tertiary/aromatic N) is 1. The molecule has 0 aromatic heterocycles. The fraction of sp³-hybridized carbons (Fsp3) is 0.240. The van der Waals surface area contributed by atoms with Gasteiger partial charge in [-0.2, -0.15) is 11.8 Å². The highest BCUT2D eigenvalue weighted by Crippen LogP contribution is 2.24. The number of nitrogens with one attached hydrogen (secondary N) is 1. The molecule has 8 heteroatoms. The molecule has 0 heterocycles. The van der Waals surface area contributed by atoms with Gasteiger partial charge in [0, 0.05) is 12.3 Å². The summed E-state index contributed by atoms with van der Waals surface area (Å²) in [5.41, 5.74) is 1.99. The molecular weight excluding hydrogens is 459 g/mol. The Kier molecular flexibility index (Phi) is 8.91. The molecule has 1 amide bonds. The van der Waals surface area contributed by atoms with Gasteiger partial charge in [-0.1, -0.05) is 48.5 Å². The topological polar surface area (TPSA) is 66.5 Å². The molecule has 0 saturated carbocycles. The van der Waals surface area contributed by atoms with Crippen LogP contribution in [-0.2, 0) is 20.6 Å². The molecular formula is C25H27FN2O3S2. The van der Waals surface area contributed by atoms with Crippen LogP contribution in [0, 0.1) is 12.7 Å². The Labute approximate surface area is 199 Å². The fourth-order valence-corrected chi connectivity index (χ4v) is 5.58. The van der Waals surface area contributed by atoms with Gasteiger partial charge in [-0.25, -0.2) is 12.8 Å². The minimum absolute atomic E-state index is 0.129. The number of amides is 1. The van der Waals surface area contributed by atoms with Gasteiger partial charge in [-0.05, 0) is 60.6 Å². The van der Waals surface area contributed by atoms with Crippen LogP contribution >= 0.6 is 11.8 Å². The number of hydrogen-bond acceptors (Lipinski definition) is 4. The second-order valence-corrected chi connectivity index (χ2v) is 10.5. The van der Waals surface area contributed by atoms with E-state index in [-0.39, 0.29) is 23.2 Å². The summed E-state index contributed by atoms with van der Waals surface area (Å²) < 4.78 is 41.3. The summed E-state index contributed by atoms with van der Waals surface area (Å²) in [4.78, 5) is 12.7. The molecule has 5 nitrogen and oxygen atoms in total.